The van der Waals surface area contributed by atoms with Crippen molar-refractivity contribution in [3.8, 4) is 11.5 Å². The molecule has 1 aliphatic carbocycles. The zero-order valence-corrected chi connectivity index (χ0v) is 18.8. The van der Waals surface area contributed by atoms with Crippen molar-refractivity contribution in [1.29, 1.82) is 0 Å². The first-order chi connectivity index (χ1) is 13.8. The van der Waals surface area contributed by atoms with Crippen LogP contribution in [-0.4, -0.2) is 24.5 Å². The second-order valence-corrected chi connectivity index (χ2v) is 9.70. The summed E-state index contributed by atoms with van der Waals surface area (Å²) < 4.78 is 4.32. The highest BCUT2D eigenvalue weighted by Crippen LogP contribution is 2.35. The minimum absolute atomic E-state index is 0.0356. The van der Waals surface area contributed by atoms with Crippen molar-refractivity contribution < 1.29 is 0 Å². The molecule has 0 atom stereocenters. The van der Waals surface area contributed by atoms with Gasteiger partial charge in [-0.2, -0.15) is 5.10 Å². The molecule has 0 spiro atoms. The van der Waals surface area contributed by atoms with Crippen LogP contribution in [0.4, 0.5) is 0 Å². The number of aromatic nitrogens is 5. The Kier molecular flexibility index (Phi) is 5.56. The summed E-state index contributed by atoms with van der Waals surface area (Å²) >= 11 is 4.65. The maximum atomic E-state index is 4.99. The first-order valence-corrected chi connectivity index (χ1v) is 11.1. The SMILES string of the molecule is Cc1cccc(Cn2nc(C(C)(C)C)cc2-c2nnc(S)n2C2CCCCC2)c1. The topological polar surface area (TPSA) is 48.5 Å². The van der Waals surface area contributed by atoms with Crippen molar-refractivity contribution in [2.45, 2.75) is 83.0 Å². The van der Waals surface area contributed by atoms with Gasteiger partial charge in [0.1, 0.15) is 5.69 Å². The third-order valence-electron chi connectivity index (χ3n) is 5.81. The van der Waals surface area contributed by atoms with E-state index in [9.17, 15) is 0 Å². The fourth-order valence-electron chi connectivity index (χ4n) is 4.20. The Balaban J connectivity index is 1.80. The van der Waals surface area contributed by atoms with Crippen LogP contribution in [0.25, 0.3) is 11.5 Å². The van der Waals surface area contributed by atoms with Crippen LogP contribution < -0.4 is 0 Å². The summed E-state index contributed by atoms with van der Waals surface area (Å²) in [4.78, 5) is 0. The van der Waals surface area contributed by atoms with E-state index in [-0.39, 0.29) is 5.41 Å². The fraction of sp³-hybridized carbons (Fsp3) is 0.522. The quantitative estimate of drug-likeness (QED) is 0.572. The third kappa shape index (κ3) is 4.27. The second-order valence-electron chi connectivity index (χ2n) is 9.30. The van der Waals surface area contributed by atoms with Gasteiger partial charge in [0, 0.05) is 11.5 Å². The van der Waals surface area contributed by atoms with Gasteiger partial charge in [-0.1, -0.05) is 69.9 Å². The molecule has 0 N–H and O–H groups in total. The van der Waals surface area contributed by atoms with Gasteiger partial charge in [-0.05, 0) is 31.4 Å². The first kappa shape index (κ1) is 20.2. The molecule has 6 heteroatoms. The van der Waals surface area contributed by atoms with Crippen LogP contribution >= 0.6 is 12.6 Å². The van der Waals surface area contributed by atoms with Gasteiger partial charge in [-0.15, -0.1) is 22.8 Å². The predicted octanol–water partition coefficient (Wildman–Crippen LogP) is 5.59. The molecule has 29 heavy (non-hydrogen) atoms. The molecule has 4 rings (SSSR count). The van der Waals surface area contributed by atoms with Gasteiger partial charge in [0.05, 0.1) is 12.2 Å². The Bertz CT molecular complexity index is 989. The number of aryl methyl sites for hydroxylation is 1. The summed E-state index contributed by atoms with van der Waals surface area (Å²) in [6, 6.07) is 11.2. The Morgan fingerprint density at radius 1 is 1.07 bits per heavy atom. The molecular weight excluding hydrogens is 378 g/mol. The van der Waals surface area contributed by atoms with Gasteiger partial charge in [0.25, 0.3) is 0 Å². The molecule has 0 aliphatic heterocycles. The van der Waals surface area contributed by atoms with Crippen molar-refractivity contribution in [3.63, 3.8) is 0 Å². The molecule has 2 aromatic heterocycles. The van der Waals surface area contributed by atoms with Crippen LogP contribution in [0.1, 0.15) is 75.7 Å². The number of thiol groups is 1. The number of benzene rings is 1. The Labute approximate surface area is 179 Å². The van der Waals surface area contributed by atoms with Crippen molar-refractivity contribution in [2.75, 3.05) is 0 Å². The standard InChI is InChI=1S/C23H31N5S/c1-16-9-8-10-17(13-16)15-27-19(14-20(26-27)23(2,3)4)21-24-25-22(29)28(21)18-11-6-5-7-12-18/h8-10,13-14,18H,5-7,11-12,15H2,1-4H3,(H,25,29). The first-order valence-electron chi connectivity index (χ1n) is 10.6. The van der Waals surface area contributed by atoms with E-state index in [0.717, 1.165) is 30.1 Å². The molecule has 0 radical (unpaired) electrons. The van der Waals surface area contributed by atoms with Crippen LogP contribution in [0.5, 0.6) is 0 Å². The summed E-state index contributed by atoms with van der Waals surface area (Å²) in [6.07, 6.45) is 6.15. The number of nitrogens with zero attached hydrogens (tertiary/aromatic N) is 5. The average Bonchev–Trinajstić information content (AvgIpc) is 3.26. The van der Waals surface area contributed by atoms with E-state index in [2.05, 4.69) is 90.1 Å². The van der Waals surface area contributed by atoms with Crippen LogP contribution in [0.15, 0.2) is 35.5 Å². The molecule has 1 aliphatic rings. The van der Waals surface area contributed by atoms with Gasteiger partial charge >= 0.3 is 0 Å². The molecule has 1 saturated carbocycles. The molecule has 3 aromatic rings. The third-order valence-corrected chi connectivity index (χ3v) is 6.11. The van der Waals surface area contributed by atoms with Gasteiger partial charge < -0.3 is 0 Å². The molecule has 0 bridgehead atoms. The highest BCUT2D eigenvalue weighted by molar-refractivity contribution is 7.80. The van der Waals surface area contributed by atoms with Crippen LogP contribution in [0.3, 0.4) is 0 Å². The summed E-state index contributed by atoms with van der Waals surface area (Å²) in [6.45, 7) is 9.44. The van der Waals surface area contributed by atoms with Gasteiger partial charge in [-0.25, -0.2) is 0 Å². The summed E-state index contributed by atoms with van der Waals surface area (Å²) in [5, 5.41) is 14.6. The lowest BCUT2D eigenvalue weighted by Crippen LogP contribution is -2.16. The minimum atomic E-state index is -0.0356. The van der Waals surface area contributed by atoms with Gasteiger partial charge in [0.2, 0.25) is 0 Å². The predicted molar refractivity (Wildman–Crippen MR) is 120 cm³/mol. The zero-order chi connectivity index (χ0) is 20.6. The smallest absolute Gasteiger partial charge is 0.188 e. The van der Waals surface area contributed by atoms with E-state index in [1.165, 1.54) is 30.4 Å². The molecular formula is C23H31N5S. The average molecular weight is 410 g/mol. The lowest BCUT2D eigenvalue weighted by molar-refractivity contribution is 0.339. The van der Waals surface area contributed by atoms with Gasteiger partial charge in [0.15, 0.2) is 11.0 Å². The molecule has 0 saturated heterocycles. The molecule has 0 amide bonds. The Morgan fingerprint density at radius 2 is 1.83 bits per heavy atom. The molecule has 0 unspecified atom stereocenters. The molecule has 154 valence electrons. The van der Waals surface area contributed by atoms with Crippen molar-refractivity contribution in [2.24, 2.45) is 0 Å². The Hall–Kier alpha value is -2.08. The van der Waals surface area contributed by atoms with E-state index in [1.807, 2.05) is 0 Å². The van der Waals surface area contributed by atoms with E-state index >= 15 is 0 Å². The second kappa shape index (κ2) is 7.98. The maximum Gasteiger partial charge on any atom is 0.188 e. The van der Waals surface area contributed by atoms with Gasteiger partial charge in [-0.3, -0.25) is 9.25 Å². The highest BCUT2D eigenvalue weighted by Gasteiger charge is 2.27. The van der Waals surface area contributed by atoms with Crippen molar-refractivity contribution in [3.05, 3.63) is 47.2 Å². The van der Waals surface area contributed by atoms with Crippen molar-refractivity contribution in [1.82, 2.24) is 24.5 Å². The lowest BCUT2D eigenvalue weighted by Gasteiger charge is -2.25. The monoisotopic (exact) mass is 409 g/mol. The summed E-state index contributed by atoms with van der Waals surface area (Å²) in [7, 11) is 0. The molecule has 2 heterocycles. The maximum absolute atomic E-state index is 4.99. The summed E-state index contributed by atoms with van der Waals surface area (Å²) in [5.41, 5.74) is 4.56. The van der Waals surface area contributed by atoms with Crippen LogP contribution in [0, 0.1) is 6.92 Å². The Morgan fingerprint density at radius 3 is 2.52 bits per heavy atom. The lowest BCUT2D eigenvalue weighted by atomic mass is 9.92. The van der Waals surface area contributed by atoms with E-state index in [0.29, 0.717) is 17.7 Å². The zero-order valence-electron chi connectivity index (χ0n) is 17.9. The van der Waals surface area contributed by atoms with Crippen molar-refractivity contribution >= 4 is 12.6 Å². The number of rotatable bonds is 4. The molecule has 1 fully saturated rings. The molecule has 5 nitrogen and oxygen atoms in total. The largest absolute Gasteiger partial charge is 0.298 e. The minimum Gasteiger partial charge on any atom is -0.298 e. The fourth-order valence-corrected chi connectivity index (χ4v) is 4.50. The normalized spacial score (nSPS) is 15.8. The highest BCUT2D eigenvalue weighted by atomic mass is 32.1. The van der Waals surface area contributed by atoms with E-state index in [4.69, 9.17) is 5.10 Å². The number of hydrogen-bond acceptors (Lipinski definition) is 4. The van der Waals surface area contributed by atoms with Crippen LogP contribution in [-0.2, 0) is 12.0 Å². The van der Waals surface area contributed by atoms with Crippen LogP contribution in [0.2, 0.25) is 0 Å². The summed E-state index contributed by atoms with van der Waals surface area (Å²) in [5.74, 6) is 0.887. The molecule has 1 aromatic carbocycles. The number of hydrogen-bond donors (Lipinski definition) is 1. The van der Waals surface area contributed by atoms with E-state index in [1.54, 1.807) is 0 Å². The van der Waals surface area contributed by atoms with E-state index < -0.39 is 0 Å².